The normalized spacial score (nSPS) is 12.1. The lowest BCUT2D eigenvalue weighted by Gasteiger charge is -2.28. The zero-order valence-electron chi connectivity index (χ0n) is 15.9. The fourth-order valence-corrected chi connectivity index (χ4v) is 2.52. The first-order valence-corrected chi connectivity index (χ1v) is 8.64. The van der Waals surface area contributed by atoms with Crippen molar-refractivity contribution >= 4 is 19.5 Å². The van der Waals surface area contributed by atoms with E-state index in [9.17, 15) is 30.0 Å². The van der Waals surface area contributed by atoms with Crippen LogP contribution in [0.5, 0.6) is 5.75 Å². The van der Waals surface area contributed by atoms with Gasteiger partial charge in [0, 0.05) is 24.2 Å². The van der Waals surface area contributed by atoms with Gasteiger partial charge in [0.1, 0.15) is 11.5 Å². The van der Waals surface area contributed by atoms with Gasteiger partial charge >= 0.3 is 19.5 Å². The summed E-state index contributed by atoms with van der Waals surface area (Å²) in [5, 5.41) is 38.5. The van der Waals surface area contributed by atoms with Crippen molar-refractivity contribution in [1.82, 2.24) is 9.62 Å². The number of phenolic OH excluding ortho intramolecular Hbond substituents is 1. The molecule has 1 aromatic carbocycles. The summed E-state index contributed by atoms with van der Waals surface area (Å²) >= 11 is 0. The molecule has 29 heavy (non-hydrogen) atoms. The zero-order chi connectivity index (χ0) is 21.8. The van der Waals surface area contributed by atoms with Gasteiger partial charge in [0.05, 0.1) is 13.1 Å². The number of carboxylic acids is 2. The van der Waals surface area contributed by atoms with Crippen LogP contribution < -0.4 is 0 Å². The highest BCUT2D eigenvalue weighted by molar-refractivity contribution is 6.29. The van der Waals surface area contributed by atoms with Crippen LogP contribution in [-0.4, -0.2) is 69.2 Å². The minimum absolute atomic E-state index is 0.000114. The van der Waals surface area contributed by atoms with Crippen molar-refractivity contribution in [2.24, 2.45) is 0 Å². The van der Waals surface area contributed by atoms with E-state index in [1.165, 1.54) is 47.5 Å². The molecule has 153 valence electrons. The highest BCUT2D eigenvalue weighted by atomic mass is 16.4. The molecule has 0 atom stereocenters. The van der Waals surface area contributed by atoms with Gasteiger partial charge in [-0.25, -0.2) is 0 Å². The molecule has 0 aromatic heterocycles. The molecule has 0 aliphatic heterocycles. The number of hydrogen-bond donors (Lipinski definition) is 4. The van der Waals surface area contributed by atoms with Crippen molar-refractivity contribution < 1.29 is 30.0 Å². The number of carboxylic acid groups (broad SMARTS) is 2. The number of aliphatic hydroxyl groups is 1. The second-order valence-corrected chi connectivity index (χ2v) is 6.06. The average molecular weight is 399 g/mol. The summed E-state index contributed by atoms with van der Waals surface area (Å²) in [5.41, 5.74) is 0.853. The highest BCUT2D eigenvalue weighted by Gasteiger charge is 2.22. The fraction of sp³-hybridized carbons (Fsp3) is 0.200. The molecule has 0 aliphatic carbocycles. The van der Waals surface area contributed by atoms with E-state index in [4.69, 9.17) is 0 Å². The lowest BCUT2D eigenvalue weighted by molar-refractivity contribution is -0.137. The maximum atomic E-state index is 11.3. The van der Waals surface area contributed by atoms with Crippen LogP contribution in [0, 0.1) is 0 Å². The van der Waals surface area contributed by atoms with Crippen molar-refractivity contribution in [3.05, 3.63) is 78.6 Å². The number of nitrogens with zero attached hydrogens (tertiary/aromatic N) is 2. The molecule has 1 radical (unpaired) electrons. The van der Waals surface area contributed by atoms with E-state index in [2.05, 4.69) is 13.2 Å². The van der Waals surface area contributed by atoms with Gasteiger partial charge in [0.25, 0.3) is 0 Å². The molecule has 0 bridgehead atoms. The van der Waals surface area contributed by atoms with Gasteiger partial charge < -0.3 is 30.0 Å². The first-order chi connectivity index (χ1) is 13.8. The van der Waals surface area contributed by atoms with Gasteiger partial charge in [-0.1, -0.05) is 49.6 Å². The molecule has 0 saturated carbocycles. The molecule has 8 nitrogen and oxygen atoms in total. The summed E-state index contributed by atoms with van der Waals surface area (Å²) in [5.74, 6) is -2.37. The number of aromatic hydroxyl groups is 1. The number of aliphatic carboxylic acids is 2. The first-order valence-electron chi connectivity index (χ1n) is 8.64. The molecule has 4 N–H and O–H groups in total. The summed E-state index contributed by atoms with van der Waals surface area (Å²) in [6, 6.07) is 6.46. The predicted octanol–water partition coefficient (Wildman–Crippen LogP) is 1.94. The second-order valence-electron chi connectivity index (χ2n) is 6.06. The quantitative estimate of drug-likeness (QED) is 0.226. The first kappa shape index (κ1) is 23.7. The minimum Gasteiger partial charge on any atom is -0.508 e. The molecule has 0 spiro atoms. The van der Waals surface area contributed by atoms with Gasteiger partial charge in [0.15, 0.2) is 0 Å². The molecule has 1 aromatic rings. The lowest BCUT2D eigenvalue weighted by atomic mass is 9.99. The number of phenols is 1. The number of hydrogen-bond acceptors (Lipinski definition) is 6. The number of benzene rings is 1. The van der Waals surface area contributed by atoms with Crippen LogP contribution in [0.25, 0.3) is 0 Å². The van der Waals surface area contributed by atoms with Gasteiger partial charge in [-0.2, -0.15) is 0 Å². The molecule has 0 unspecified atom stereocenters. The third-order valence-electron chi connectivity index (χ3n) is 3.67. The largest absolute Gasteiger partial charge is 0.508 e. The number of rotatable bonds is 13. The maximum Gasteiger partial charge on any atom is 0.316 e. The van der Waals surface area contributed by atoms with Crippen LogP contribution in [0.1, 0.15) is 5.56 Å². The van der Waals surface area contributed by atoms with Crippen LogP contribution in [0.2, 0.25) is 0 Å². The van der Waals surface area contributed by atoms with Crippen LogP contribution in [0.15, 0.2) is 73.1 Å². The molecule has 0 amide bonds. The van der Waals surface area contributed by atoms with E-state index >= 15 is 0 Å². The Morgan fingerprint density at radius 2 is 1.52 bits per heavy atom. The van der Waals surface area contributed by atoms with Crippen molar-refractivity contribution in [1.29, 1.82) is 0 Å². The van der Waals surface area contributed by atoms with E-state index < -0.39 is 25.0 Å². The molecule has 0 heterocycles. The average Bonchev–Trinajstić information content (AvgIpc) is 2.62. The molecule has 0 aliphatic rings. The Balaban J connectivity index is 3.10. The number of allylic oxidation sites excluding steroid dienone is 4. The van der Waals surface area contributed by atoms with Crippen LogP contribution in [-0.2, 0) is 16.1 Å². The van der Waals surface area contributed by atoms with Gasteiger partial charge in [-0.3, -0.25) is 9.59 Å². The predicted molar refractivity (Wildman–Crippen MR) is 110 cm³/mol. The Labute approximate surface area is 170 Å². The van der Waals surface area contributed by atoms with Crippen LogP contribution >= 0.6 is 0 Å². The van der Waals surface area contributed by atoms with E-state index in [0.717, 1.165) is 0 Å². The minimum atomic E-state index is -1.13. The number of carbonyl (C=O) groups is 2. The Hall–Kier alpha value is -3.30. The molecule has 0 fully saturated rings. The summed E-state index contributed by atoms with van der Waals surface area (Å²) in [6.45, 7) is 6.25. The summed E-state index contributed by atoms with van der Waals surface area (Å²) in [6.07, 6.45) is 5.69. The number of para-hydroxylation sites is 1. The standard InChI is InChI=1S/C20H24BN2O6/c1-3-7-15(17(24)8-4-2)11-22(13-19(26)27)21-23(14-20(28)29)12-16-9-5-6-10-18(16)25/h3-10,24-25H,1-2,11-14H2,(H,26,27)(H,28,29)/b15-7-,17-8+. The Bertz CT molecular complexity index is 806. The van der Waals surface area contributed by atoms with E-state index in [0.29, 0.717) is 11.1 Å². The Kier molecular flexibility index (Phi) is 10.0. The van der Waals surface area contributed by atoms with Crippen molar-refractivity contribution in [2.45, 2.75) is 6.54 Å². The van der Waals surface area contributed by atoms with Crippen LogP contribution in [0.3, 0.4) is 0 Å². The molecular formula is C20H24BN2O6. The number of aliphatic hydroxyl groups excluding tert-OH is 1. The fourth-order valence-electron chi connectivity index (χ4n) is 2.52. The summed E-state index contributed by atoms with van der Waals surface area (Å²) < 4.78 is 0. The van der Waals surface area contributed by atoms with E-state index in [-0.39, 0.29) is 24.6 Å². The zero-order valence-corrected chi connectivity index (χ0v) is 15.9. The lowest BCUT2D eigenvalue weighted by Crippen LogP contribution is -2.46. The molecule has 1 rings (SSSR count). The summed E-state index contributed by atoms with van der Waals surface area (Å²) in [7, 11) is 1.35. The van der Waals surface area contributed by atoms with Crippen molar-refractivity contribution in [3.63, 3.8) is 0 Å². The smallest absolute Gasteiger partial charge is 0.316 e. The Morgan fingerprint density at radius 3 is 2.07 bits per heavy atom. The van der Waals surface area contributed by atoms with E-state index in [1.807, 2.05) is 0 Å². The highest BCUT2D eigenvalue weighted by Crippen LogP contribution is 2.18. The van der Waals surface area contributed by atoms with Crippen molar-refractivity contribution in [3.8, 4) is 5.75 Å². The Morgan fingerprint density at radius 1 is 0.931 bits per heavy atom. The van der Waals surface area contributed by atoms with Gasteiger partial charge in [0.2, 0.25) is 0 Å². The molecule has 9 heteroatoms. The topological polar surface area (TPSA) is 122 Å². The van der Waals surface area contributed by atoms with Crippen molar-refractivity contribution in [2.75, 3.05) is 19.6 Å². The molecular weight excluding hydrogens is 375 g/mol. The third-order valence-corrected chi connectivity index (χ3v) is 3.67. The third kappa shape index (κ3) is 8.96. The van der Waals surface area contributed by atoms with Gasteiger partial charge in [-0.05, 0) is 12.1 Å². The van der Waals surface area contributed by atoms with E-state index in [1.54, 1.807) is 18.2 Å². The summed E-state index contributed by atoms with van der Waals surface area (Å²) in [4.78, 5) is 25.3. The maximum absolute atomic E-state index is 11.3. The monoisotopic (exact) mass is 399 g/mol. The SMILES string of the molecule is C=C/C=C(CN([B]N(CC(=O)O)Cc1ccccc1O)CC(=O)O)\C(O)=C/C=C. The molecule has 0 saturated heterocycles. The second kappa shape index (κ2) is 12.2. The van der Waals surface area contributed by atoms with Crippen LogP contribution in [0.4, 0.5) is 0 Å². The van der Waals surface area contributed by atoms with Gasteiger partial charge in [-0.15, -0.1) is 0 Å².